The fourth-order valence-electron chi connectivity index (χ4n) is 1.75. The second-order valence-corrected chi connectivity index (χ2v) is 7.36. The SMILES string of the molecule is CC(C)[C@@H](Sc1nnc(Cc2cccs2)o1)C(=O)N(C)C. The summed E-state index contributed by atoms with van der Waals surface area (Å²) in [5.41, 5.74) is 0. The summed E-state index contributed by atoms with van der Waals surface area (Å²) in [7, 11) is 3.52. The van der Waals surface area contributed by atoms with Gasteiger partial charge in [-0.05, 0) is 17.4 Å². The van der Waals surface area contributed by atoms with Crippen LogP contribution in [-0.2, 0) is 11.2 Å². The van der Waals surface area contributed by atoms with E-state index in [4.69, 9.17) is 4.42 Å². The number of thiophene rings is 1. The van der Waals surface area contributed by atoms with Crippen LogP contribution in [0.5, 0.6) is 0 Å². The summed E-state index contributed by atoms with van der Waals surface area (Å²) in [5, 5.41) is 10.4. The lowest BCUT2D eigenvalue weighted by Crippen LogP contribution is -2.34. The van der Waals surface area contributed by atoms with Crippen LogP contribution in [0.2, 0.25) is 0 Å². The first-order valence-corrected chi connectivity index (χ1v) is 8.46. The summed E-state index contributed by atoms with van der Waals surface area (Å²) in [4.78, 5) is 14.9. The zero-order valence-electron chi connectivity index (χ0n) is 12.6. The van der Waals surface area contributed by atoms with Crippen LogP contribution in [-0.4, -0.2) is 40.3 Å². The second-order valence-electron chi connectivity index (χ2n) is 5.23. The first kappa shape index (κ1) is 16.0. The van der Waals surface area contributed by atoms with E-state index in [9.17, 15) is 4.79 Å². The molecule has 2 aromatic rings. The number of carbonyl (C=O) groups excluding carboxylic acids is 1. The van der Waals surface area contributed by atoms with Gasteiger partial charge in [-0.25, -0.2) is 0 Å². The molecule has 0 spiro atoms. The molecule has 0 fully saturated rings. The number of thioether (sulfide) groups is 1. The van der Waals surface area contributed by atoms with Gasteiger partial charge in [0.05, 0.1) is 11.7 Å². The third-order valence-electron chi connectivity index (χ3n) is 2.87. The highest BCUT2D eigenvalue weighted by atomic mass is 32.2. The zero-order chi connectivity index (χ0) is 15.4. The molecule has 2 aromatic heterocycles. The average molecular weight is 325 g/mol. The number of rotatable bonds is 6. The van der Waals surface area contributed by atoms with E-state index < -0.39 is 0 Å². The Balaban J connectivity index is 2.04. The van der Waals surface area contributed by atoms with E-state index in [2.05, 4.69) is 10.2 Å². The Bertz CT molecular complexity index is 579. The summed E-state index contributed by atoms with van der Waals surface area (Å²) >= 11 is 3.00. The second kappa shape index (κ2) is 7.09. The van der Waals surface area contributed by atoms with Crippen molar-refractivity contribution in [2.24, 2.45) is 5.92 Å². The van der Waals surface area contributed by atoms with Crippen molar-refractivity contribution >= 4 is 29.0 Å². The number of hydrogen-bond donors (Lipinski definition) is 0. The summed E-state index contributed by atoms with van der Waals surface area (Å²) in [6.07, 6.45) is 0.638. The summed E-state index contributed by atoms with van der Waals surface area (Å²) < 4.78 is 5.64. The zero-order valence-corrected chi connectivity index (χ0v) is 14.2. The normalized spacial score (nSPS) is 12.6. The molecule has 2 rings (SSSR count). The Kier molecular flexibility index (Phi) is 5.41. The first-order valence-electron chi connectivity index (χ1n) is 6.70. The summed E-state index contributed by atoms with van der Waals surface area (Å²) in [6.45, 7) is 4.03. The van der Waals surface area contributed by atoms with Crippen molar-refractivity contribution < 1.29 is 9.21 Å². The van der Waals surface area contributed by atoms with Gasteiger partial charge in [-0.1, -0.05) is 31.7 Å². The number of amides is 1. The molecule has 0 radical (unpaired) electrons. The van der Waals surface area contributed by atoms with Crippen molar-refractivity contribution in [1.29, 1.82) is 0 Å². The fraction of sp³-hybridized carbons (Fsp3) is 0.500. The van der Waals surface area contributed by atoms with E-state index in [0.717, 1.165) is 0 Å². The fourth-order valence-corrected chi connectivity index (χ4v) is 3.48. The molecule has 0 N–H and O–H groups in total. The molecule has 1 atom stereocenters. The van der Waals surface area contributed by atoms with Gasteiger partial charge >= 0.3 is 0 Å². The molecule has 7 heteroatoms. The van der Waals surface area contributed by atoms with Crippen molar-refractivity contribution in [3.8, 4) is 0 Å². The van der Waals surface area contributed by atoms with Crippen LogP contribution in [0.4, 0.5) is 0 Å². The maximum atomic E-state index is 12.2. The third kappa shape index (κ3) is 4.31. The molecular formula is C14H19N3O2S2. The van der Waals surface area contributed by atoms with Gasteiger partial charge in [0.1, 0.15) is 0 Å². The van der Waals surface area contributed by atoms with Gasteiger partial charge in [-0.2, -0.15) is 0 Å². The molecule has 21 heavy (non-hydrogen) atoms. The molecule has 2 heterocycles. The standard InChI is InChI=1S/C14H19N3O2S2/c1-9(2)12(13(18)17(3)4)21-14-16-15-11(19-14)8-10-6-5-7-20-10/h5-7,9,12H,8H2,1-4H3/t12-/m1/s1. The average Bonchev–Trinajstić information content (AvgIpc) is 3.07. The monoisotopic (exact) mass is 325 g/mol. The molecule has 1 amide bonds. The van der Waals surface area contributed by atoms with E-state index in [1.54, 1.807) is 30.3 Å². The van der Waals surface area contributed by atoms with Crippen molar-refractivity contribution in [3.63, 3.8) is 0 Å². The molecule has 0 saturated heterocycles. The lowest BCUT2D eigenvalue weighted by molar-refractivity contribution is -0.128. The number of carbonyl (C=O) groups is 1. The van der Waals surface area contributed by atoms with E-state index in [1.165, 1.54) is 16.6 Å². The predicted octanol–water partition coefficient (Wildman–Crippen LogP) is 2.93. The Labute approximate surface area is 132 Å². The minimum absolute atomic E-state index is 0.0630. The smallest absolute Gasteiger partial charge is 0.277 e. The molecule has 0 unspecified atom stereocenters. The van der Waals surface area contributed by atoms with E-state index in [-0.39, 0.29) is 17.1 Å². The third-order valence-corrected chi connectivity index (χ3v) is 5.11. The van der Waals surface area contributed by atoms with Gasteiger partial charge in [0.2, 0.25) is 11.8 Å². The maximum absolute atomic E-state index is 12.2. The van der Waals surface area contributed by atoms with Gasteiger partial charge < -0.3 is 9.32 Å². The van der Waals surface area contributed by atoms with Crippen LogP contribution in [0.3, 0.4) is 0 Å². The van der Waals surface area contributed by atoms with Crippen LogP contribution < -0.4 is 0 Å². The van der Waals surface area contributed by atoms with Crippen LogP contribution in [0.1, 0.15) is 24.6 Å². The number of nitrogens with zero attached hydrogens (tertiary/aromatic N) is 3. The van der Waals surface area contributed by atoms with Gasteiger partial charge in [0, 0.05) is 19.0 Å². The number of aromatic nitrogens is 2. The highest BCUT2D eigenvalue weighted by Crippen LogP contribution is 2.28. The molecule has 5 nitrogen and oxygen atoms in total. The van der Waals surface area contributed by atoms with E-state index in [0.29, 0.717) is 17.5 Å². The van der Waals surface area contributed by atoms with Crippen LogP contribution in [0.25, 0.3) is 0 Å². The molecule has 0 aliphatic rings. The highest BCUT2D eigenvalue weighted by molar-refractivity contribution is 8.00. The van der Waals surface area contributed by atoms with Gasteiger partial charge in [-0.15, -0.1) is 21.5 Å². The lowest BCUT2D eigenvalue weighted by Gasteiger charge is -2.21. The van der Waals surface area contributed by atoms with Crippen LogP contribution >= 0.6 is 23.1 Å². The summed E-state index contributed by atoms with van der Waals surface area (Å²) in [5.74, 6) is 0.838. The lowest BCUT2D eigenvalue weighted by atomic mass is 10.1. The first-order chi connectivity index (χ1) is 9.97. The van der Waals surface area contributed by atoms with Crippen molar-refractivity contribution in [2.75, 3.05) is 14.1 Å². The molecule has 0 aliphatic carbocycles. The van der Waals surface area contributed by atoms with E-state index in [1.807, 2.05) is 31.4 Å². The van der Waals surface area contributed by atoms with Crippen molar-refractivity contribution in [2.45, 2.75) is 30.7 Å². The molecule has 0 aromatic carbocycles. The molecule has 114 valence electrons. The van der Waals surface area contributed by atoms with Crippen molar-refractivity contribution in [1.82, 2.24) is 15.1 Å². The minimum atomic E-state index is -0.213. The quantitative estimate of drug-likeness (QED) is 0.764. The molecule has 0 aliphatic heterocycles. The van der Waals surface area contributed by atoms with Gasteiger partial charge in [0.25, 0.3) is 5.22 Å². The Morgan fingerprint density at radius 3 is 2.76 bits per heavy atom. The molecule has 0 bridgehead atoms. The Morgan fingerprint density at radius 2 is 2.19 bits per heavy atom. The van der Waals surface area contributed by atoms with Crippen LogP contribution in [0.15, 0.2) is 27.2 Å². The Morgan fingerprint density at radius 1 is 1.43 bits per heavy atom. The Hall–Kier alpha value is -1.34. The molecular weight excluding hydrogens is 306 g/mol. The van der Waals surface area contributed by atoms with E-state index >= 15 is 0 Å². The topological polar surface area (TPSA) is 59.2 Å². The maximum Gasteiger partial charge on any atom is 0.277 e. The van der Waals surface area contributed by atoms with Crippen LogP contribution in [0, 0.1) is 5.92 Å². The van der Waals surface area contributed by atoms with Gasteiger partial charge in [0.15, 0.2) is 0 Å². The minimum Gasteiger partial charge on any atom is -0.416 e. The van der Waals surface area contributed by atoms with Crippen molar-refractivity contribution in [3.05, 3.63) is 28.3 Å². The number of hydrogen-bond acceptors (Lipinski definition) is 6. The summed E-state index contributed by atoms with van der Waals surface area (Å²) in [6, 6.07) is 4.03. The molecule has 0 saturated carbocycles. The largest absolute Gasteiger partial charge is 0.416 e. The van der Waals surface area contributed by atoms with Gasteiger partial charge in [-0.3, -0.25) is 4.79 Å². The highest BCUT2D eigenvalue weighted by Gasteiger charge is 2.27. The predicted molar refractivity (Wildman–Crippen MR) is 84.6 cm³/mol.